The molecule has 0 spiro atoms. The van der Waals surface area contributed by atoms with E-state index in [9.17, 15) is 0 Å². The lowest BCUT2D eigenvalue weighted by molar-refractivity contribution is 0.0733. The van der Waals surface area contributed by atoms with Crippen molar-refractivity contribution in [1.82, 2.24) is 15.5 Å². The maximum atomic E-state index is 5.65. The van der Waals surface area contributed by atoms with Gasteiger partial charge < -0.3 is 24.5 Å². The van der Waals surface area contributed by atoms with Crippen LogP contribution in [0, 0.1) is 0 Å². The SMILES string of the molecule is CCNC(=NCC(c1ccco1)N1CCCC1)NCCOCCOC. The molecule has 2 heterocycles. The van der Waals surface area contributed by atoms with E-state index in [4.69, 9.17) is 18.9 Å². The molecule has 1 saturated heterocycles. The van der Waals surface area contributed by atoms with Gasteiger partial charge in [-0.25, -0.2) is 0 Å². The van der Waals surface area contributed by atoms with Crippen LogP contribution in [0.5, 0.6) is 0 Å². The standard InChI is InChI=1S/C18H32N4O3/c1-3-19-18(20-8-12-24-14-13-23-2)21-15-16(17-7-6-11-25-17)22-9-4-5-10-22/h6-7,11,16H,3-5,8-10,12-15H2,1-2H3,(H2,19,20,21). The minimum absolute atomic E-state index is 0.200. The Balaban J connectivity index is 1.85. The molecule has 2 rings (SSSR count). The second-order valence-corrected chi connectivity index (χ2v) is 6.03. The molecule has 0 amide bonds. The van der Waals surface area contributed by atoms with Gasteiger partial charge in [-0.2, -0.15) is 0 Å². The van der Waals surface area contributed by atoms with E-state index in [-0.39, 0.29) is 6.04 Å². The maximum absolute atomic E-state index is 5.65. The van der Waals surface area contributed by atoms with Crippen molar-refractivity contribution in [2.45, 2.75) is 25.8 Å². The zero-order chi connectivity index (χ0) is 17.7. The van der Waals surface area contributed by atoms with Gasteiger partial charge in [0, 0.05) is 20.2 Å². The van der Waals surface area contributed by atoms with E-state index in [1.807, 2.05) is 12.1 Å². The Morgan fingerprint density at radius 2 is 2.12 bits per heavy atom. The molecule has 1 aromatic heterocycles. The lowest BCUT2D eigenvalue weighted by Crippen LogP contribution is -2.40. The van der Waals surface area contributed by atoms with Gasteiger partial charge in [0.05, 0.1) is 38.7 Å². The van der Waals surface area contributed by atoms with Crippen molar-refractivity contribution in [2.75, 3.05) is 59.7 Å². The summed E-state index contributed by atoms with van der Waals surface area (Å²) in [4.78, 5) is 7.22. The molecule has 1 aliphatic rings. The van der Waals surface area contributed by atoms with Crippen LogP contribution in [-0.2, 0) is 9.47 Å². The van der Waals surface area contributed by atoms with Gasteiger partial charge in [-0.15, -0.1) is 0 Å². The Morgan fingerprint density at radius 3 is 2.80 bits per heavy atom. The normalized spacial score (nSPS) is 17.0. The third-order valence-electron chi connectivity index (χ3n) is 4.19. The van der Waals surface area contributed by atoms with Crippen LogP contribution in [0.3, 0.4) is 0 Å². The molecule has 0 aliphatic carbocycles. The highest BCUT2D eigenvalue weighted by Crippen LogP contribution is 2.25. The van der Waals surface area contributed by atoms with Crippen molar-refractivity contribution >= 4 is 5.96 Å². The molecule has 1 aliphatic heterocycles. The van der Waals surface area contributed by atoms with Crippen molar-refractivity contribution in [2.24, 2.45) is 4.99 Å². The van der Waals surface area contributed by atoms with Crippen molar-refractivity contribution in [3.8, 4) is 0 Å². The zero-order valence-electron chi connectivity index (χ0n) is 15.5. The number of nitrogens with zero attached hydrogens (tertiary/aromatic N) is 2. The highest BCUT2D eigenvalue weighted by molar-refractivity contribution is 5.79. The van der Waals surface area contributed by atoms with Gasteiger partial charge in [0.1, 0.15) is 5.76 Å². The maximum Gasteiger partial charge on any atom is 0.191 e. The van der Waals surface area contributed by atoms with Crippen LogP contribution in [-0.4, -0.2) is 70.5 Å². The van der Waals surface area contributed by atoms with Gasteiger partial charge in [0.15, 0.2) is 5.96 Å². The fourth-order valence-corrected chi connectivity index (χ4v) is 2.92. The first-order valence-corrected chi connectivity index (χ1v) is 9.21. The number of hydrogen-bond donors (Lipinski definition) is 2. The number of likely N-dealkylation sites (tertiary alicyclic amines) is 1. The second kappa shape index (κ2) is 11.9. The number of furan rings is 1. The summed E-state index contributed by atoms with van der Waals surface area (Å²) in [5.74, 6) is 1.80. The van der Waals surface area contributed by atoms with Crippen molar-refractivity contribution in [1.29, 1.82) is 0 Å². The van der Waals surface area contributed by atoms with Gasteiger partial charge >= 0.3 is 0 Å². The highest BCUT2D eigenvalue weighted by Gasteiger charge is 2.25. The van der Waals surface area contributed by atoms with E-state index >= 15 is 0 Å². The molecule has 1 fully saturated rings. The second-order valence-electron chi connectivity index (χ2n) is 6.03. The Labute approximate surface area is 150 Å². The first-order valence-electron chi connectivity index (χ1n) is 9.21. The van der Waals surface area contributed by atoms with E-state index in [0.29, 0.717) is 32.9 Å². The topological polar surface area (TPSA) is 71.3 Å². The Hall–Kier alpha value is -1.57. The smallest absolute Gasteiger partial charge is 0.191 e. The largest absolute Gasteiger partial charge is 0.468 e. The molecule has 0 saturated carbocycles. The monoisotopic (exact) mass is 352 g/mol. The van der Waals surface area contributed by atoms with Crippen molar-refractivity contribution in [3.63, 3.8) is 0 Å². The van der Waals surface area contributed by atoms with E-state index in [2.05, 4.69) is 22.5 Å². The number of rotatable bonds is 11. The number of nitrogens with one attached hydrogen (secondary N) is 2. The van der Waals surface area contributed by atoms with Crippen LogP contribution in [0.25, 0.3) is 0 Å². The van der Waals surface area contributed by atoms with E-state index in [1.54, 1.807) is 13.4 Å². The van der Waals surface area contributed by atoms with Crippen LogP contribution in [0.15, 0.2) is 27.8 Å². The summed E-state index contributed by atoms with van der Waals surface area (Å²) in [6.07, 6.45) is 4.24. The van der Waals surface area contributed by atoms with Crippen LogP contribution in [0.2, 0.25) is 0 Å². The van der Waals surface area contributed by atoms with Gasteiger partial charge in [-0.1, -0.05) is 0 Å². The molecule has 0 bridgehead atoms. The Bertz CT molecular complexity index is 473. The molecule has 1 atom stereocenters. The average molecular weight is 352 g/mol. The summed E-state index contributed by atoms with van der Waals surface area (Å²) in [5.41, 5.74) is 0. The minimum atomic E-state index is 0.200. The molecular weight excluding hydrogens is 320 g/mol. The summed E-state index contributed by atoms with van der Waals surface area (Å²) < 4.78 is 16.1. The summed E-state index contributed by atoms with van der Waals surface area (Å²) >= 11 is 0. The molecule has 2 N–H and O–H groups in total. The molecule has 1 aromatic rings. The lowest BCUT2D eigenvalue weighted by Gasteiger charge is -2.24. The van der Waals surface area contributed by atoms with E-state index in [0.717, 1.165) is 31.4 Å². The molecular formula is C18H32N4O3. The summed E-state index contributed by atoms with van der Waals surface area (Å²) in [7, 11) is 1.67. The first kappa shape index (κ1) is 19.8. The molecule has 142 valence electrons. The van der Waals surface area contributed by atoms with Crippen LogP contribution in [0.4, 0.5) is 0 Å². The lowest BCUT2D eigenvalue weighted by atomic mass is 10.2. The van der Waals surface area contributed by atoms with Crippen LogP contribution < -0.4 is 10.6 Å². The van der Waals surface area contributed by atoms with Gasteiger partial charge in [-0.05, 0) is 45.0 Å². The molecule has 7 nitrogen and oxygen atoms in total. The molecule has 25 heavy (non-hydrogen) atoms. The predicted octanol–water partition coefficient (Wildman–Crippen LogP) is 1.63. The first-order chi connectivity index (χ1) is 12.3. The van der Waals surface area contributed by atoms with Crippen molar-refractivity contribution in [3.05, 3.63) is 24.2 Å². The molecule has 1 unspecified atom stereocenters. The average Bonchev–Trinajstić information content (AvgIpc) is 3.32. The van der Waals surface area contributed by atoms with Gasteiger partial charge in [0.2, 0.25) is 0 Å². The van der Waals surface area contributed by atoms with Crippen LogP contribution >= 0.6 is 0 Å². The number of aliphatic imine (C=N–C) groups is 1. The Kier molecular flexibility index (Phi) is 9.40. The summed E-state index contributed by atoms with van der Waals surface area (Å²) in [5, 5.41) is 6.60. The summed E-state index contributed by atoms with van der Waals surface area (Å²) in [6, 6.07) is 4.19. The fourth-order valence-electron chi connectivity index (χ4n) is 2.92. The highest BCUT2D eigenvalue weighted by atomic mass is 16.5. The fraction of sp³-hybridized carbons (Fsp3) is 0.722. The minimum Gasteiger partial charge on any atom is -0.468 e. The predicted molar refractivity (Wildman–Crippen MR) is 98.9 cm³/mol. The summed E-state index contributed by atoms with van der Waals surface area (Å²) in [6.45, 7) is 8.36. The quantitative estimate of drug-likeness (QED) is 0.358. The molecule has 0 aromatic carbocycles. The van der Waals surface area contributed by atoms with Gasteiger partial charge in [-0.3, -0.25) is 9.89 Å². The third-order valence-corrected chi connectivity index (χ3v) is 4.19. The number of methoxy groups -OCH3 is 1. The van der Waals surface area contributed by atoms with E-state index in [1.165, 1.54) is 12.8 Å². The van der Waals surface area contributed by atoms with Gasteiger partial charge in [0.25, 0.3) is 0 Å². The zero-order valence-corrected chi connectivity index (χ0v) is 15.5. The number of hydrogen-bond acceptors (Lipinski definition) is 5. The molecule has 7 heteroatoms. The number of ether oxygens (including phenoxy) is 2. The Morgan fingerprint density at radius 1 is 1.28 bits per heavy atom. The van der Waals surface area contributed by atoms with E-state index < -0.39 is 0 Å². The third kappa shape index (κ3) is 7.05. The molecule has 0 radical (unpaired) electrons. The van der Waals surface area contributed by atoms with Crippen molar-refractivity contribution < 1.29 is 13.9 Å². The number of guanidine groups is 1. The van der Waals surface area contributed by atoms with Crippen LogP contribution in [0.1, 0.15) is 31.6 Å².